The smallest absolute Gasteiger partial charge is 0.229 e. The Kier molecular flexibility index (Phi) is 6.05. The van der Waals surface area contributed by atoms with Crippen molar-refractivity contribution in [2.24, 2.45) is 11.3 Å². The van der Waals surface area contributed by atoms with Crippen LogP contribution in [-0.4, -0.2) is 41.1 Å². The van der Waals surface area contributed by atoms with E-state index in [1.54, 1.807) is 0 Å². The second-order valence-electron chi connectivity index (χ2n) is 10.8. The van der Waals surface area contributed by atoms with E-state index in [1.165, 1.54) is 28.5 Å². The summed E-state index contributed by atoms with van der Waals surface area (Å²) in [6.45, 7) is 1.24. The third-order valence-corrected chi connectivity index (χ3v) is 8.71. The van der Waals surface area contributed by atoms with Crippen molar-refractivity contribution in [2.45, 2.75) is 63.5 Å². The van der Waals surface area contributed by atoms with E-state index in [9.17, 15) is 9.18 Å². The first-order chi connectivity index (χ1) is 17.1. The van der Waals surface area contributed by atoms with Gasteiger partial charge in [0.1, 0.15) is 5.82 Å². The highest BCUT2D eigenvalue weighted by atomic mass is 19.1. The molecule has 0 saturated carbocycles. The first kappa shape index (κ1) is 22.7. The summed E-state index contributed by atoms with van der Waals surface area (Å²) in [5, 5.41) is 2.50. The Balaban J connectivity index is 1.21. The van der Waals surface area contributed by atoms with Gasteiger partial charge in [0.25, 0.3) is 0 Å². The second-order valence-corrected chi connectivity index (χ2v) is 10.8. The van der Waals surface area contributed by atoms with E-state index >= 15 is 0 Å². The highest BCUT2D eigenvalue weighted by Gasteiger charge is 2.50. The van der Waals surface area contributed by atoms with Crippen molar-refractivity contribution in [1.82, 2.24) is 9.88 Å². The summed E-state index contributed by atoms with van der Waals surface area (Å²) < 4.78 is 19.2. The van der Waals surface area contributed by atoms with Crippen molar-refractivity contribution < 1.29 is 13.9 Å². The van der Waals surface area contributed by atoms with Gasteiger partial charge in [-0.05, 0) is 92.0 Å². The van der Waals surface area contributed by atoms with Crippen LogP contribution in [0.4, 0.5) is 4.39 Å². The molecule has 2 bridgehead atoms. The van der Waals surface area contributed by atoms with Crippen molar-refractivity contribution in [3.8, 4) is 0 Å². The summed E-state index contributed by atoms with van der Waals surface area (Å²) in [5.74, 6) is 0.665. The van der Waals surface area contributed by atoms with Crippen LogP contribution in [0, 0.1) is 17.2 Å². The summed E-state index contributed by atoms with van der Waals surface area (Å²) in [6.07, 6.45) is 11.4. The first-order valence-corrected chi connectivity index (χ1v) is 13.1. The quantitative estimate of drug-likeness (QED) is 0.477. The van der Waals surface area contributed by atoms with Gasteiger partial charge in [-0.15, -0.1) is 0 Å². The molecule has 2 aromatic carbocycles. The highest BCUT2D eigenvalue weighted by Crippen LogP contribution is 2.45. The molecule has 35 heavy (non-hydrogen) atoms. The van der Waals surface area contributed by atoms with Crippen molar-refractivity contribution in [3.05, 3.63) is 77.9 Å². The van der Waals surface area contributed by atoms with Crippen molar-refractivity contribution in [1.29, 1.82) is 0 Å². The molecule has 3 aliphatic heterocycles. The van der Waals surface area contributed by atoms with Crippen LogP contribution in [0.5, 0.6) is 0 Å². The fourth-order valence-corrected chi connectivity index (χ4v) is 6.95. The van der Waals surface area contributed by atoms with E-state index < -0.39 is 5.41 Å². The number of pyridine rings is 1. The maximum absolute atomic E-state index is 14.2. The van der Waals surface area contributed by atoms with Gasteiger partial charge < -0.3 is 9.64 Å². The molecule has 0 radical (unpaired) electrons. The van der Waals surface area contributed by atoms with Gasteiger partial charge >= 0.3 is 0 Å². The number of amides is 1. The van der Waals surface area contributed by atoms with Gasteiger partial charge in [-0.2, -0.15) is 0 Å². The largest absolute Gasteiger partial charge is 0.381 e. The lowest BCUT2D eigenvalue weighted by atomic mass is 9.73. The van der Waals surface area contributed by atoms with Crippen molar-refractivity contribution in [2.75, 3.05) is 13.2 Å². The number of ether oxygens (including phenoxy) is 1. The Labute approximate surface area is 206 Å². The second kappa shape index (κ2) is 9.34. The number of aromatic nitrogens is 1. The standard InChI is InChI=1S/C30H33FN2O2/c31-25-6-4-21(5-7-25)19-30(11-14-35-15-12-30)29(34)33-26-8-9-27(33)18-22(17-26)16-24-3-1-2-23-10-13-32-20-28(23)24/h1-7,10,13,20,22,26-27H,8-9,11-12,14-19H2/t26-,27-/m0/s1. The van der Waals surface area contributed by atoms with Crippen LogP contribution < -0.4 is 0 Å². The molecule has 3 aliphatic rings. The number of hydrogen-bond donors (Lipinski definition) is 0. The predicted molar refractivity (Wildman–Crippen MR) is 134 cm³/mol. The Morgan fingerprint density at radius 1 is 1.03 bits per heavy atom. The summed E-state index contributed by atoms with van der Waals surface area (Å²) in [4.78, 5) is 20.9. The maximum atomic E-state index is 14.2. The Bertz CT molecular complexity index is 1190. The van der Waals surface area contributed by atoms with Gasteiger partial charge in [-0.1, -0.05) is 30.3 Å². The number of carbonyl (C=O) groups excluding carboxylic acids is 1. The minimum absolute atomic E-state index is 0.233. The molecule has 0 N–H and O–H groups in total. The summed E-state index contributed by atoms with van der Waals surface area (Å²) in [5.41, 5.74) is 1.97. The van der Waals surface area contributed by atoms with E-state index in [0.717, 1.165) is 50.5 Å². The molecule has 1 aromatic heterocycles. The Hall–Kier alpha value is -2.79. The lowest BCUT2D eigenvalue weighted by Crippen LogP contribution is -2.55. The van der Waals surface area contributed by atoms with Crippen LogP contribution in [0.25, 0.3) is 10.8 Å². The average molecular weight is 473 g/mol. The van der Waals surface area contributed by atoms with Crippen LogP contribution in [0.15, 0.2) is 60.9 Å². The van der Waals surface area contributed by atoms with Gasteiger partial charge in [0.2, 0.25) is 5.91 Å². The van der Waals surface area contributed by atoms with Crippen LogP contribution in [0.1, 0.15) is 49.7 Å². The number of piperidine rings is 1. The van der Waals surface area contributed by atoms with E-state index in [1.807, 2.05) is 24.5 Å². The van der Waals surface area contributed by atoms with Crippen LogP contribution >= 0.6 is 0 Å². The first-order valence-electron chi connectivity index (χ1n) is 13.1. The lowest BCUT2D eigenvalue weighted by Gasteiger charge is -2.46. The number of carbonyl (C=O) groups is 1. The fourth-order valence-electron chi connectivity index (χ4n) is 6.95. The summed E-state index contributed by atoms with van der Waals surface area (Å²) in [7, 11) is 0. The van der Waals surface area contributed by atoms with Gasteiger partial charge in [0.15, 0.2) is 0 Å². The number of benzene rings is 2. The molecular weight excluding hydrogens is 439 g/mol. The summed E-state index contributed by atoms with van der Waals surface area (Å²) in [6, 6.07) is 15.9. The van der Waals surface area contributed by atoms with E-state index in [-0.39, 0.29) is 5.82 Å². The minimum Gasteiger partial charge on any atom is -0.381 e. The molecule has 2 atom stereocenters. The van der Waals surface area contributed by atoms with E-state index in [2.05, 4.69) is 34.1 Å². The molecule has 1 amide bonds. The van der Waals surface area contributed by atoms with Gasteiger partial charge in [-0.25, -0.2) is 4.39 Å². The normalized spacial score (nSPS) is 25.6. The van der Waals surface area contributed by atoms with Crippen molar-refractivity contribution >= 4 is 16.7 Å². The third-order valence-electron chi connectivity index (χ3n) is 8.71. The zero-order valence-electron chi connectivity index (χ0n) is 20.2. The molecule has 0 unspecified atom stereocenters. The number of nitrogens with zero attached hydrogens (tertiary/aromatic N) is 2. The predicted octanol–water partition coefficient (Wildman–Crippen LogP) is 5.73. The number of hydrogen-bond acceptors (Lipinski definition) is 3. The SMILES string of the molecule is O=C(N1[C@H]2CC[C@H]1CC(Cc1cccc3ccncc13)C2)C1(Cc2ccc(F)cc2)CCOCC1. The molecular formula is C30H33FN2O2. The van der Waals surface area contributed by atoms with Crippen LogP contribution in [0.3, 0.4) is 0 Å². The molecule has 3 aromatic rings. The monoisotopic (exact) mass is 472 g/mol. The fraction of sp³-hybridized carbons (Fsp3) is 0.467. The zero-order chi connectivity index (χ0) is 23.8. The van der Waals surface area contributed by atoms with Gasteiger partial charge in [-0.3, -0.25) is 9.78 Å². The molecule has 5 heteroatoms. The molecule has 6 rings (SSSR count). The molecule has 0 spiro atoms. The number of fused-ring (bicyclic) bond motifs is 3. The average Bonchev–Trinajstić information content (AvgIpc) is 3.15. The Morgan fingerprint density at radius 2 is 1.77 bits per heavy atom. The topological polar surface area (TPSA) is 42.4 Å². The van der Waals surface area contributed by atoms with E-state index in [0.29, 0.717) is 43.5 Å². The van der Waals surface area contributed by atoms with Gasteiger partial charge in [0, 0.05) is 43.1 Å². The molecule has 182 valence electrons. The summed E-state index contributed by atoms with van der Waals surface area (Å²) >= 11 is 0. The lowest BCUT2D eigenvalue weighted by molar-refractivity contribution is -0.153. The number of halogens is 1. The van der Waals surface area contributed by atoms with Crippen LogP contribution in [-0.2, 0) is 22.4 Å². The molecule has 0 aliphatic carbocycles. The van der Waals surface area contributed by atoms with Gasteiger partial charge in [0.05, 0.1) is 5.41 Å². The third kappa shape index (κ3) is 4.35. The maximum Gasteiger partial charge on any atom is 0.229 e. The number of rotatable bonds is 5. The molecule has 3 saturated heterocycles. The molecule has 4 heterocycles. The van der Waals surface area contributed by atoms with Crippen molar-refractivity contribution in [3.63, 3.8) is 0 Å². The molecule has 3 fully saturated rings. The Morgan fingerprint density at radius 3 is 2.51 bits per heavy atom. The highest BCUT2D eigenvalue weighted by molar-refractivity contribution is 5.85. The zero-order valence-corrected chi connectivity index (χ0v) is 20.2. The van der Waals surface area contributed by atoms with Crippen LogP contribution in [0.2, 0.25) is 0 Å². The molecule has 4 nitrogen and oxygen atoms in total. The van der Waals surface area contributed by atoms with E-state index in [4.69, 9.17) is 4.74 Å². The minimum atomic E-state index is -0.439.